The number of hydrogen-bond donors (Lipinski definition) is 1. The van der Waals surface area contributed by atoms with E-state index in [1.54, 1.807) is 31.4 Å². The zero-order chi connectivity index (χ0) is 21.5. The molecule has 3 rings (SSSR count). The lowest BCUT2D eigenvalue weighted by Gasteiger charge is -2.13. The molecule has 0 fully saturated rings. The highest BCUT2D eigenvalue weighted by atomic mass is 79.9. The summed E-state index contributed by atoms with van der Waals surface area (Å²) < 4.78 is 13.1. The van der Waals surface area contributed by atoms with E-state index >= 15 is 0 Å². The number of amides is 1. The zero-order valence-corrected chi connectivity index (χ0v) is 19.7. The summed E-state index contributed by atoms with van der Waals surface area (Å²) in [6.07, 6.45) is 3.00. The number of ether oxygens (including phenoxy) is 2. The monoisotopic (exact) mass is 551 g/mol. The first-order chi connectivity index (χ1) is 14.5. The maximum absolute atomic E-state index is 12.2. The van der Waals surface area contributed by atoms with Crippen LogP contribution < -0.4 is 14.9 Å². The molecule has 0 saturated carbocycles. The third-order valence-electron chi connectivity index (χ3n) is 3.96. The molecule has 6 nitrogen and oxygen atoms in total. The van der Waals surface area contributed by atoms with Gasteiger partial charge in [0.15, 0.2) is 11.5 Å². The van der Waals surface area contributed by atoms with Crippen LogP contribution in [0.25, 0.3) is 0 Å². The predicted molar refractivity (Wildman–Crippen MR) is 123 cm³/mol. The first-order valence-corrected chi connectivity index (χ1v) is 10.6. The van der Waals surface area contributed by atoms with Gasteiger partial charge in [0.25, 0.3) is 5.91 Å². The molecule has 0 saturated heterocycles. The Balaban J connectivity index is 1.70. The van der Waals surface area contributed by atoms with Crippen LogP contribution in [0.5, 0.6) is 11.5 Å². The molecule has 0 atom stereocenters. The molecule has 0 spiro atoms. The first kappa shape index (κ1) is 22.3. The van der Waals surface area contributed by atoms with Crippen LogP contribution in [0.3, 0.4) is 0 Å². The van der Waals surface area contributed by atoms with E-state index in [-0.39, 0.29) is 10.7 Å². The quantitative estimate of drug-likeness (QED) is 0.235. The minimum absolute atomic E-state index is 0.111. The van der Waals surface area contributed by atoms with Gasteiger partial charge in [0.1, 0.15) is 11.8 Å². The highest BCUT2D eigenvalue weighted by molar-refractivity contribution is 9.10. The Kier molecular flexibility index (Phi) is 7.84. The number of rotatable bonds is 7. The van der Waals surface area contributed by atoms with Crippen LogP contribution in [0.2, 0.25) is 5.15 Å². The van der Waals surface area contributed by atoms with E-state index < -0.39 is 5.91 Å². The summed E-state index contributed by atoms with van der Waals surface area (Å²) in [4.78, 5) is 16.0. The summed E-state index contributed by atoms with van der Waals surface area (Å²) >= 11 is 12.8. The number of aromatic nitrogens is 1. The van der Waals surface area contributed by atoms with Crippen LogP contribution in [-0.2, 0) is 6.61 Å². The summed E-state index contributed by atoms with van der Waals surface area (Å²) in [5.41, 5.74) is 4.39. The summed E-state index contributed by atoms with van der Waals surface area (Å²) in [6.45, 7) is 0.394. The van der Waals surface area contributed by atoms with E-state index in [9.17, 15) is 4.79 Å². The molecule has 9 heteroatoms. The summed E-state index contributed by atoms with van der Waals surface area (Å²) in [7, 11) is 1.56. The highest BCUT2D eigenvalue weighted by Gasteiger charge is 2.11. The van der Waals surface area contributed by atoms with E-state index in [0.29, 0.717) is 23.7 Å². The van der Waals surface area contributed by atoms with Gasteiger partial charge in [0, 0.05) is 20.7 Å². The average Bonchev–Trinajstić information content (AvgIpc) is 2.74. The van der Waals surface area contributed by atoms with E-state index in [4.69, 9.17) is 21.1 Å². The van der Waals surface area contributed by atoms with Crippen LogP contribution in [0.4, 0.5) is 0 Å². The Hall–Kier alpha value is -2.42. The molecule has 0 aliphatic carbocycles. The van der Waals surface area contributed by atoms with Crippen molar-refractivity contribution < 1.29 is 14.3 Å². The number of hydrogen-bond acceptors (Lipinski definition) is 5. The topological polar surface area (TPSA) is 72.8 Å². The van der Waals surface area contributed by atoms with Crippen LogP contribution in [0.1, 0.15) is 21.5 Å². The standard InChI is InChI=1S/C21H16Br2ClN3O3/c1-29-18-9-14(11-26-27-21(28)16-3-2-8-25-20(16)24)17(23)10-19(18)30-12-13-4-6-15(22)7-5-13/h2-11H,12H2,1H3,(H,27,28). The minimum atomic E-state index is -0.457. The molecule has 1 heterocycles. The van der Waals surface area contributed by atoms with Crippen LogP contribution in [0.15, 0.2) is 68.8 Å². The molecule has 2 aromatic carbocycles. The number of halogens is 3. The molecule has 0 radical (unpaired) electrons. The van der Waals surface area contributed by atoms with E-state index in [2.05, 4.69) is 47.4 Å². The Morgan fingerprint density at radius 2 is 1.97 bits per heavy atom. The number of methoxy groups -OCH3 is 1. The van der Waals surface area contributed by atoms with E-state index in [0.717, 1.165) is 14.5 Å². The number of benzene rings is 2. The van der Waals surface area contributed by atoms with Gasteiger partial charge in [-0.05, 0) is 57.9 Å². The molecule has 154 valence electrons. The maximum Gasteiger partial charge on any atom is 0.274 e. The van der Waals surface area contributed by atoms with Crippen LogP contribution >= 0.6 is 43.5 Å². The van der Waals surface area contributed by atoms with Crippen molar-refractivity contribution in [1.82, 2.24) is 10.4 Å². The van der Waals surface area contributed by atoms with Gasteiger partial charge in [-0.3, -0.25) is 4.79 Å². The van der Waals surface area contributed by atoms with E-state index in [1.807, 2.05) is 24.3 Å². The lowest BCUT2D eigenvalue weighted by molar-refractivity contribution is 0.0955. The Labute approximate surface area is 195 Å². The fourth-order valence-corrected chi connectivity index (χ4v) is 3.33. The van der Waals surface area contributed by atoms with Crippen molar-refractivity contribution in [3.8, 4) is 11.5 Å². The van der Waals surface area contributed by atoms with Gasteiger partial charge in [-0.1, -0.05) is 39.7 Å². The third kappa shape index (κ3) is 5.81. The molecular weight excluding hydrogens is 538 g/mol. The van der Waals surface area contributed by atoms with Gasteiger partial charge < -0.3 is 9.47 Å². The molecular formula is C21H16Br2ClN3O3. The summed E-state index contributed by atoms with van der Waals surface area (Å²) in [6, 6.07) is 14.6. The summed E-state index contributed by atoms with van der Waals surface area (Å²) in [5.74, 6) is 0.663. The van der Waals surface area contributed by atoms with Crippen LogP contribution in [0, 0.1) is 0 Å². The lowest BCUT2D eigenvalue weighted by atomic mass is 10.2. The summed E-state index contributed by atoms with van der Waals surface area (Å²) in [5, 5.41) is 4.10. The Morgan fingerprint density at radius 1 is 1.20 bits per heavy atom. The van der Waals surface area contributed by atoms with Gasteiger partial charge >= 0.3 is 0 Å². The smallest absolute Gasteiger partial charge is 0.274 e. The number of carbonyl (C=O) groups excluding carboxylic acids is 1. The van der Waals surface area contributed by atoms with Crippen molar-refractivity contribution >= 4 is 55.6 Å². The number of nitrogens with one attached hydrogen (secondary N) is 1. The molecule has 0 bridgehead atoms. The SMILES string of the molecule is COc1cc(C=NNC(=O)c2cccnc2Cl)c(Br)cc1OCc1ccc(Br)cc1. The second kappa shape index (κ2) is 10.6. The predicted octanol–water partition coefficient (Wildman–Crippen LogP) is 5.61. The highest BCUT2D eigenvalue weighted by Crippen LogP contribution is 2.33. The van der Waals surface area contributed by atoms with Gasteiger partial charge in [0.05, 0.1) is 18.9 Å². The molecule has 1 aromatic heterocycles. The molecule has 0 aliphatic heterocycles. The van der Waals surface area contributed by atoms with Crippen molar-refractivity contribution in [2.24, 2.45) is 5.10 Å². The van der Waals surface area contributed by atoms with Gasteiger partial charge in [-0.2, -0.15) is 5.10 Å². The fraction of sp³-hybridized carbons (Fsp3) is 0.0952. The van der Waals surface area contributed by atoms with Crippen molar-refractivity contribution in [2.45, 2.75) is 6.61 Å². The second-order valence-corrected chi connectivity index (χ2v) is 8.11. The average molecular weight is 554 g/mol. The van der Waals surface area contributed by atoms with Gasteiger partial charge in [-0.15, -0.1) is 0 Å². The zero-order valence-electron chi connectivity index (χ0n) is 15.7. The lowest BCUT2D eigenvalue weighted by Crippen LogP contribution is -2.18. The number of nitrogens with zero attached hydrogens (tertiary/aromatic N) is 2. The number of carbonyl (C=O) groups is 1. The van der Waals surface area contributed by atoms with Crippen molar-refractivity contribution in [3.05, 3.63) is 85.5 Å². The van der Waals surface area contributed by atoms with Crippen LogP contribution in [-0.4, -0.2) is 24.2 Å². The Bertz CT molecular complexity index is 1080. The third-order valence-corrected chi connectivity index (χ3v) is 5.48. The molecule has 30 heavy (non-hydrogen) atoms. The molecule has 0 unspecified atom stereocenters. The van der Waals surface area contributed by atoms with Gasteiger partial charge in [-0.25, -0.2) is 10.4 Å². The minimum Gasteiger partial charge on any atom is -0.493 e. The van der Waals surface area contributed by atoms with Gasteiger partial charge in [0.2, 0.25) is 0 Å². The normalized spacial score (nSPS) is 10.8. The maximum atomic E-state index is 12.2. The fourth-order valence-electron chi connectivity index (χ4n) is 2.44. The first-order valence-electron chi connectivity index (χ1n) is 8.66. The number of hydrazone groups is 1. The second-order valence-electron chi connectivity index (χ2n) is 5.98. The van der Waals surface area contributed by atoms with Crippen molar-refractivity contribution in [1.29, 1.82) is 0 Å². The molecule has 1 N–H and O–H groups in total. The Morgan fingerprint density at radius 3 is 2.67 bits per heavy atom. The molecule has 3 aromatic rings. The van der Waals surface area contributed by atoms with Crippen molar-refractivity contribution in [3.63, 3.8) is 0 Å². The largest absolute Gasteiger partial charge is 0.493 e. The van der Waals surface area contributed by atoms with E-state index in [1.165, 1.54) is 12.4 Å². The van der Waals surface area contributed by atoms with Crippen molar-refractivity contribution in [2.75, 3.05) is 7.11 Å². The number of pyridine rings is 1. The molecule has 1 amide bonds. The molecule has 0 aliphatic rings.